The summed E-state index contributed by atoms with van der Waals surface area (Å²) in [5, 5.41) is 7.24. The summed E-state index contributed by atoms with van der Waals surface area (Å²) in [7, 11) is 2.55. The van der Waals surface area contributed by atoms with Gasteiger partial charge < -0.3 is 44.6 Å². The monoisotopic (exact) mass is 946 g/mol. The van der Waals surface area contributed by atoms with E-state index in [-0.39, 0.29) is 41.8 Å². The zero-order chi connectivity index (χ0) is 47.7. The minimum absolute atomic E-state index is 0.103. The van der Waals surface area contributed by atoms with Crippen molar-refractivity contribution < 1.29 is 37.8 Å². The van der Waals surface area contributed by atoms with Crippen molar-refractivity contribution in [2.75, 3.05) is 20.8 Å². The number of H-pyrrole nitrogens is 2. The highest BCUT2D eigenvalue weighted by Gasteiger charge is 2.56. The van der Waals surface area contributed by atoms with Gasteiger partial charge in [0.1, 0.15) is 35.3 Å². The number of nitrogens with one attached hydrogen (secondary N) is 4. The maximum Gasteiger partial charge on any atom is 0.407 e. The third kappa shape index (κ3) is 7.92. The van der Waals surface area contributed by atoms with E-state index in [1.54, 1.807) is 28.6 Å². The van der Waals surface area contributed by atoms with E-state index in [4.69, 9.17) is 24.2 Å². The Labute approximate surface area is 396 Å². The van der Waals surface area contributed by atoms with Crippen LogP contribution in [0.25, 0.3) is 44.7 Å². The number of fused-ring (bicyclic) bond motifs is 6. The lowest BCUT2D eigenvalue weighted by Crippen LogP contribution is -2.52. The number of aromatic amines is 2. The van der Waals surface area contributed by atoms with E-state index in [0.717, 1.165) is 57.7 Å². The second kappa shape index (κ2) is 17.7. The van der Waals surface area contributed by atoms with Gasteiger partial charge in [-0.15, -0.1) is 11.3 Å². The van der Waals surface area contributed by atoms with Gasteiger partial charge in [-0.25, -0.2) is 28.9 Å². The number of aryl methyl sites for hydroxylation is 1. The molecule has 7 heterocycles. The Balaban J connectivity index is 0.961. The first-order valence-electron chi connectivity index (χ1n) is 23.3. The standard InChI is InChI=1S/C49H55FN10O7S/c1-8-39-51-22-38(68-39)47-60-32-12-11-25(30-20-53-44(54-30)36-18-28-16-34(28)59(36)46(62)42(24(4)5)57-49(64)66-7)14-27(32)17-35(60)40-29(50)15-26(19-37(40)67-47)31-21-52-43(55-31)33-10-9-13-58(33)45(61)41(23(2)3)56-48(63)65-6/h11-12,14-15,17,19-24,28,33-34,36,41-42,47H,8-10,13,16,18H2,1-7H3,(H,52,55)(H,53,54)(H,56,63)(H,57,64)/t28-,33+,34-,36+,41+,42+,47?/m1/s1. The van der Waals surface area contributed by atoms with Crippen LogP contribution in [-0.2, 0) is 25.5 Å². The number of nitrogens with zero attached hydrogens (tertiary/aromatic N) is 6. The summed E-state index contributed by atoms with van der Waals surface area (Å²) in [5.41, 5.74) is 4.54. The number of aromatic nitrogens is 6. The van der Waals surface area contributed by atoms with Gasteiger partial charge in [-0.1, -0.05) is 40.7 Å². The molecule has 4 aliphatic rings. The average molecular weight is 947 g/mol. The molecule has 0 radical (unpaired) electrons. The maximum absolute atomic E-state index is 16.9. The van der Waals surface area contributed by atoms with Gasteiger partial charge in [-0.3, -0.25) is 14.2 Å². The molecule has 3 fully saturated rings. The van der Waals surface area contributed by atoms with Crippen molar-refractivity contribution in [2.45, 2.75) is 103 Å². The van der Waals surface area contributed by atoms with Crippen LogP contribution in [0.4, 0.5) is 14.0 Å². The number of likely N-dealkylation sites (tertiary alicyclic amines) is 2. The predicted octanol–water partition coefficient (Wildman–Crippen LogP) is 8.27. The number of methoxy groups -OCH3 is 2. The first kappa shape index (κ1) is 45.0. The molecule has 19 heteroatoms. The molecule has 6 aromatic rings. The van der Waals surface area contributed by atoms with Gasteiger partial charge in [0.2, 0.25) is 18.0 Å². The van der Waals surface area contributed by atoms with Crippen LogP contribution in [0.5, 0.6) is 5.75 Å². The minimum atomic E-state index is -0.773. The average Bonchev–Trinajstić information content (AvgIpc) is 4.09. The van der Waals surface area contributed by atoms with Gasteiger partial charge in [0.25, 0.3) is 0 Å². The lowest BCUT2D eigenvalue weighted by Gasteiger charge is -2.31. The molecule has 4 amide bonds. The van der Waals surface area contributed by atoms with Crippen LogP contribution < -0.4 is 15.4 Å². The van der Waals surface area contributed by atoms with Crippen molar-refractivity contribution in [2.24, 2.45) is 17.8 Å². The number of halogens is 1. The van der Waals surface area contributed by atoms with Crippen molar-refractivity contribution in [3.05, 3.63) is 82.3 Å². The molecule has 0 bridgehead atoms. The third-order valence-electron chi connectivity index (χ3n) is 13.9. The number of alkyl carbamates (subject to hydrolysis) is 2. The van der Waals surface area contributed by atoms with Gasteiger partial charge in [-0.2, -0.15) is 0 Å². The van der Waals surface area contributed by atoms with Crippen molar-refractivity contribution >= 4 is 46.2 Å². The van der Waals surface area contributed by atoms with Crippen molar-refractivity contribution in [1.82, 2.24) is 49.9 Å². The number of amides is 4. The highest BCUT2D eigenvalue weighted by Crippen LogP contribution is 2.54. The molecule has 1 unspecified atom stereocenters. The molecule has 1 aliphatic carbocycles. The number of ether oxygens (including phenoxy) is 3. The molecule has 3 aliphatic heterocycles. The number of hydrogen-bond acceptors (Lipinski definition) is 11. The fourth-order valence-corrected chi connectivity index (χ4v) is 11.1. The van der Waals surface area contributed by atoms with Crippen molar-refractivity contribution in [1.29, 1.82) is 0 Å². The maximum atomic E-state index is 16.9. The zero-order valence-electron chi connectivity index (χ0n) is 39.0. The predicted molar refractivity (Wildman–Crippen MR) is 251 cm³/mol. The normalized spacial score (nSPS) is 21.3. The number of hydrogen-bond donors (Lipinski definition) is 4. The van der Waals surface area contributed by atoms with E-state index in [0.29, 0.717) is 58.8 Å². The molecule has 1 saturated carbocycles. The van der Waals surface area contributed by atoms with Gasteiger partial charge in [0.05, 0.1) is 76.7 Å². The van der Waals surface area contributed by atoms with E-state index < -0.39 is 36.3 Å². The summed E-state index contributed by atoms with van der Waals surface area (Å²) >= 11 is 1.55. The number of imidazole rings is 2. The van der Waals surface area contributed by atoms with E-state index in [1.165, 1.54) is 20.3 Å². The Hall–Kier alpha value is -6.76. The largest absolute Gasteiger partial charge is 0.464 e. The van der Waals surface area contributed by atoms with E-state index in [9.17, 15) is 19.2 Å². The lowest BCUT2D eigenvalue weighted by atomic mass is 10.0. The fourth-order valence-electron chi connectivity index (χ4n) is 10.3. The lowest BCUT2D eigenvalue weighted by molar-refractivity contribution is -0.137. The fraction of sp³-hybridized carbons (Fsp3) is 0.449. The molecule has 4 aromatic heterocycles. The quantitative estimate of drug-likeness (QED) is 0.0925. The van der Waals surface area contributed by atoms with Crippen LogP contribution in [-0.4, -0.2) is 102 Å². The van der Waals surface area contributed by atoms with Crippen LogP contribution in [0.2, 0.25) is 0 Å². The first-order valence-corrected chi connectivity index (χ1v) is 24.1. The van der Waals surface area contributed by atoms with Gasteiger partial charge in [-0.05, 0) is 80.2 Å². The zero-order valence-corrected chi connectivity index (χ0v) is 39.8. The second-order valence-electron chi connectivity index (χ2n) is 18.8. The second-order valence-corrected chi connectivity index (χ2v) is 20.0. The van der Waals surface area contributed by atoms with Crippen LogP contribution in [0.15, 0.2) is 55.0 Å². The Morgan fingerprint density at radius 1 is 0.853 bits per heavy atom. The number of carbonyl (C=O) groups is 4. The van der Waals surface area contributed by atoms with Crippen LogP contribution in [0.1, 0.15) is 100 Å². The molecule has 356 valence electrons. The summed E-state index contributed by atoms with van der Waals surface area (Å²) in [4.78, 5) is 77.7. The number of piperidine rings is 1. The highest BCUT2D eigenvalue weighted by molar-refractivity contribution is 7.11. The summed E-state index contributed by atoms with van der Waals surface area (Å²) < 4.78 is 35.3. The van der Waals surface area contributed by atoms with Gasteiger partial charge >= 0.3 is 12.2 Å². The molecule has 2 aromatic carbocycles. The topological polar surface area (TPSA) is 202 Å². The Kier molecular flexibility index (Phi) is 11.7. The number of carbonyl (C=O) groups excluding carboxylic acids is 4. The van der Waals surface area contributed by atoms with E-state index in [1.807, 2.05) is 73.7 Å². The van der Waals surface area contributed by atoms with Crippen LogP contribution in [0, 0.1) is 23.6 Å². The number of thiazole rings is 1. The number of benzene rings is 2. The van der Waals surface area contributed by atoms with E-state index >= 15 is 4.39 Å². The number of rotatable bonds is 12. The molecular formula is C49H55FN10O7S. The molecule has 2 saturated heterocycles. The minimum Gasteiger partial charge on any atom is -0.464 e. The third-order valence-corrected chi connectivity index (χ3v) is 15.0. The Morgan fingerprint density at radius 2 is 1.53 bits per heavy atom. The summed E-state index contributed by atoms with van der Waals surface area (Å²) in [6.07, 6.45) is 7.19. The molecule has 68 heavy (non-hydrogen) atoms. The first-order chi connectivity index (χ1) is 32.8. The molecular weight excluding hydrogens is 892 g/mol. The van der Waals surface area contributed by atoms with Gasteiger partial charge in [0, 0.05) is 35.3 Å². The van der Waals surface area contributed by atoms with Crippen LogP contribution >= 0.6 is 11.3 Å². The smallest absolute Gasteiger partial charge is 0.407 e. The Morgan fingerprint density at radius 3 is 2.19 bits per heavy atom. The summed E-state index contributed by atoms with van der Waals surface area (Å²) in [6.45, 7) is 10.1. The summed E-state index contributed by atoms with van der Waals surface area (Å²) in [5.74, 6) is 0.829. The van der Waals surface area contributed by atoms with Crippen molar-refractivity contribution in [3.8, 4) is 39.5 Å². The molecule has 0 spiro atoms. The van der Waals surface area contributed by atoms with Gasteiger partial charge in [0.15, 0.2) is 0 Å². The molecule has 7 atom stereocenters. The Bertz CT molecular complexity index is 2940. The van der Waals surface area contributed by atoms with Crippen LogP contribution in [0.3, 0.4) is 0 Å². The van der Waals surface area contributed by atoms with E-state index in [2.05, 4.69) is 32.5 Å². The summed E-state index contributed by atoms with van der Waals surface area (Å²) in [6, 6.07) is 9.31. The molecule has 4 N–H and O–H groups in total. The molecule has 10 rings (SSSR count). The SMILES string of the molecule is CCc1ncc(C2Oc3cc(-c4cnc([C@@H]5CCCN5C(=O)[C@@H](NC(=O)OC)C(C)C)[nH]4)cc(F)c3-c3cc4cc(-c5cnc([C@@H]6C[C@H]7C[C@H]7N6C(=O)[C@@H](NC(=O)OC)C(C)C)[nH]5)ccc4n32)s1. The highest BCUT2D eigenvalue weighted by atomic mass is 32.1. The molecule has 17 nitrogen and oxygen atoms in total. The van der Waals surface area contributed by atoms with Crippen molar-refractivity contribution in [3.63, 3.8) is 0 Å².